The number of rotatable bonds is 3. The number of amides is 2. The van der Waals surface area contributed by atoms with Gasteiger partial charge in [-0.3, -0.25) is 14.4 Å². The van der Waals surface area contributed by atoms with Gasteiger partial charge in [-0.25, -0.2) is 4.68 Å². The lowest BCUT2D eigenvalue weighted by molar-refractivity contribution is -0.132. The minimum absolute atomic E-state index is 0.130. The van der Waals surface area contributed by atoms with E-state index in [1.165, 1.54) is 7.05 Å². The fourth-order valence-electron chi connectivity index (χ4n) is 3.18. The normalized spacial score (nSPS) is 15.0. The Morgan fingerprint density at radius 1 is 1.08 bits per heavy atom. The molecule has 3 rings (SSSR count). The number of hydrogen-bond donors (Lipinski definition) is 1. The summed E-state index contributed by atoms with van der Waals surface area (Å²) in [7, 11) is 1.51. The quantitative estimate of drug-likeness (QED) is 0.907. The van der Waals surface area contributed by atoms with Crippen LogP contribution >= 0.6 is 0 Å². The number of benzene rings is 1. The Balaban J connectivity index is 1.98. The first-order valence-corrected chi connectivity index (χ1v) is 8.61. The molecule has 0 spiro atoms. The Hall–Kier alpha value is -2.70. The minimum Gasteiger partial charge on any atom is -0.354 e. The molecule has 1 aromatic heterocycles. The van der Waals surface area contributed by atoms with E-state index in [0.717, 1.165) is 30.4 Å². The van der Waals surface area contributed by atoms with Gasteiger partial charge in [0.05, 0.1) is 5.39 Å². The molecule has 7 nitrogen and oxygen atoms in total. The monoisotopic (exact) mass is 342 g/mol. The SMILES string of the molecule is CNC(=O)c1nn(CC(=O)N2CCCCCC2)c(=O)c2ccccc12. The Morgan fingerprint density at radius 3 is 2.36 bits per heavy atom. The van der Waals surface area contributed by atoms with Crippen molar-refractivity contribution >= 4 is 22.6 Å². The van der Waals surface area contributed by atoms with E-state index in [2.05, 4.69) is 10.4 Å². The van der Waals surface area contributed by atoms with E-state index < -0.39 is 0 Å². The maximum absolute atomic E-state index is 12.7. The summed E-state index contributed by atoms with van der Waals surface area (Å²) in [6, 6.07) is 6.83. The highest BCUT2D eigenvalue weighted by Crippen LogP contribution is 2.14. The van der Waals surface area contributed by atoms with E-state index in [0.29, 0.717) is 23.9 Å². The smallest absolute Gasteiger partial charge is 0.275 e. The number of aromatic nitrogens is 2. The molecule has 1 saturated heterocycles. The average molecular weight is 342 g/mol. The lowest BCUT2D eigenvalue weighted by Gasteiger charge is -2.20. The summed E-state index contributed by atoms with van der Waals surface area (Å²) in [5.41, 5.74) is -0.201. The van der Waals surface area contributed by atoms with Crippen LogP contribution in [0.2, 0.25) is 0 Å². The van der Waals surface area contributed by atoms with E-state index in [1.54, 1.807) is 29.2 Å². The second kappa shape index (κ2) is 7.46. The van der Waals surface area contributed by atoms with Gasteiger partial charge in [0.25, 0.3) is 11.5 Å². The molecule has 0 unspecified atom stereocenters. The van der Waals surface area contributed by atoms with Gasteiger partial charge in [-0.1, -0.05) is 31.0 Å². The van der Waals surface area contributed by atoms with E-state index in [9.17, 15) is 14.4 Å². The molecule has 1 aliphatic heterocycles. The van der Waals surface area contributed by atoms with Crippen molar-refractivity contribution in [2.24, 2.45) is 0 Å². The first-order chi connectivity index (χ1) is 12.1. The number of nitrogens with zero attached hydrogens (tertiary/aromatic N) is 3. The third kappa shape index (κ3) is 3.55. The van der Waals surface area contributed by atoms with Crippen molar-refractivity contribution in [2.45, 2.75) is 32.2 Å². The van der Waals surface area contributed by atoms with E-state index in [1.807, 2.05) is 0 Å². The van der Waals surface area contributed by atoms with E-state index in [4.69, 9.17) is 0 Å². The molecule has 0 aliphatic carbocycles. The van der Waals surface area contributed by atoms with E-state index >= 15 is 0 Å². The fraction of sp³-hybridized carbons (Fsp3) is 0.444. The van der Waals surface area contributed by atoms with Crippen molar-refractivity contribution in [2.75, 3.05) is 20.1 Å². The molecule has 25 heavy (non-hydrogen) atoms. The summed E-state index contributed by atoms with van der Waals surface area (Å²) < 4.78 is 1.11. The van der Waals surface area contributed by atoms with Crippen molar-refractivity contribution in [1.82, 2.24) is 20.0 Å². The second-order valence-corrected chi connectivity index (χ2v) is 6.23. The zero-order chi connectivity index (χ0) is 17.8. The number of fused-ring (bicyclic) bond motifs is 1. The van der Waals surface area contributed by atoms with Gasteiger partial charge in [0.15, 0.2) is 5.69 Å². The fourth-order valence-corrected chi connectivity index (χ4v) is 3.18. The van der Waals surface area contributed by atoms with Crippen LogP contribution in [-0.4, -0.2) is 46.6 Å². The van der Waals surface area contributed by atoms with Gasteiger partial charge in [-0.15, -0.1) is 0 Å². The average Bonchev–Trinajstić information content (AvgIpc) is 2.93. The maximum atomic E-state index is 12.7. The van der Waals surface area contributed by atoms with Gasteiger partial charge < -0.3 is 10.2 Å². The highest BCUT2D eigenvalue weighted by atomic mass is 16.2. The lowest BCUT2D eigenvalue weighted by atomic mass is 10.1. The van der Waals surface area contributed by atoms with Crippen molar-refractivity contribution in [3.8, 4) is 0 Å². The topological polar surface area (TPSA) is 84.3 Å². The molecule has 1 aromatic carbocycles. The molecular weight excluding hydrogens is 320 g/mol. The summed E-state index contributed by atoms with van der Waals surface area (Å²) in [5, 5.41) is 7.59. The summed E-state index contributed by atoms with van der Waals surface area (Å²) in [4.78, 5) is 39.2. The highest BCUT2D eigenvalue weighted by Gasteiger charge is 2.20. The predicted octanol–water partition coefficient (Wildman–Crippen LogP) is 1.16. The molecule has 1 fully saturated rings. The van der Waals surface area contributed by atoms with Gasteiger partial charge in [-0.05, 0) is 18.9 Å². The molecule has 132 valence electrons. The van der Waals surface area contributed by atoms with Crippen LogP contribution in [0.1, 0.15) is 36.2 Å². The lowest BCUT2D eigenvalue weighted by Crippen LogP contribution is -2.38. The minimum atomic E-state index is -0.382. The largest absolute Gasteiger partial charge is 0.354 e. The molecular formula is C18H22N4O3. The molecule has 7 heteroatoms. The Kier molecular flexibility index (Phi) is 5.11. The molecule has 1 aliphatic rings. The first-order valence-electron chi connectivity index (χ1n) is 8.61. The molecule has 2 heterocycles. The summed E-state index contributed by atoms with van der Waals surface area (Å²) in [6.07, 6.45) is 4.21. The van der Waals surface area contributed by atoms with Crippen LogP contribution in [0.5, 0.6) is 0 Å². The van der Waals surface area contributed by atoms with Crippen LogP contribution in [0.3, 0.4) is 0 Å². The van der Waals surface area contributed by atoms with Crippen molar-refractivity contribution < 1.29 is 9.59 Å². The van der Waals surface area contributed by atoms with Gasteiger partial charge in [0, 0.05) is 25.5 Å². The Morgan fingerprint density at radius 2 is 1.72 bits per heavy atom. The zero-order valence-electron chi connectivity index (χ0n) is 14.3. The number of hydrogen-bond acceptors (Lipinski definition) is 4. The molecule has 0 atom stereocenters. The van der Waals surface area contributed by atoms with Crippen molar-refractivity contribution in [3.05, 3.63) is 40.3 Å². The van der Waals surface area contributed by atoms with Crippen molar-refractivity contribution in [3.63, 3.8) is 0 Å². The van der Waals surface area contributed by atoms with Gasteiger partial charge in [0.2, 0.25) is 5.91 Å². The Labute approximate surface area is 145 Å². The van der Waals surface area contributed by atoms with Crippen LogP contribution in [0, 0.1) is 0 Å². The highest BCUT2D eigenvalue weighted by molar-refractivity contribution is 6.04. The predicted molar refractivity (Wildman–Crippen MR) is 94.4 cm³/mol. The first kappa shape index (κ1) is 17.1. The molecule has 0 saturated carbocycles. The molecule has 0 radical (unpaired) electrons. The maximum Gasteiger partial charge on any atom is 0.275 e. The summed E-state index contributed by atoms with van der Waals surface area (Å²) >= 11 is 0. The van der Waals surface area contributed by atoms with Gasteiger partial charge in [0.1, 0.15) is 6.54 Å². The molecule has 2 amide bonds. The number of nitrogens with one attached hydrogen (secondary N) is 1. The molecule has 1 N–H and O–H groups in total. The van der Waals surface area contributed by atoms with Crippen LogP contribution in [0.15, 0.2) is 29.1 Å². The number of carbonyl (C=O) groups excluding carboxylic acids is 2. The second-order valence-electron chi connectivity index (χ2n) is 6.23. The van der Waals surface area contributed by atoms with Crippen LogP contribution < -0.4 is 10.9 Å². The molecule has 2 aromatic rings. The van der Waals surface area contributed by atoms with Gasteiger partial charge in [-0.2, -0.15) is 5.10 Å². The number of carbonyl (C=O) groups is 2. The third-order valence-electron chi connectivity index (χ3n) is 4.55. The number of likely N-dealkylation sites (tertiary alicyclic amines) is 1. The van der Waals surface area contributed by atoms with Crippen molar-refractivity contribution in [1.29, 1.82) is 0 Å². The van der Waals surface area contributed by atoms with E-state index in [-0.39, 0.29) is 29.6 Å². The third-order valence-corrected chi connectivity index (χ3v) is 4.55. The van der Waals surface area contributed by atoms with Crippen LogP contribution in [-0.2, 0) is 11.3 Å². The van der Waals surface area contributed by atoms with Gasteiger partial charge >= 0.3 is 0 Å². The Bertz CT molecular complexity index is 851. The standard InChI is InChI=1S/C18H22N4O3/c1-19-17(24)16-13-8-4-5-9-14(13)18(25)22(20-16)12-15(23)21-10-6-2-3-7-11-21/h4-5,8-9H,2-3,6-7,10-12H2,1H3,(H,19,24). The summed E-state index contributed by atoms with van der Waals surface area (Å²) in [5.74, 6) is -0.512. The molecule has 0 bridgehead atoms. The van der Waals surface area contributed by atoms with Crippen LogP contribution in [0.25, 0.3) is 10.8 Å². The zero-order valence-corrected chi connectivity index (χ0v) is 14.3. The van der Waals surface area contributed by atoms with Crippen LogP contribution in [0.4, 0.5) is 0 Å². The summed E-state index contributed by atoms with van der Waals surface area (Å²) in [6.45, 7) is 1.28.